The molecule has 0 spiro atoms. The van der Waals surface area contributed by atoms with Crippen molar-refractivity contribution < 1.29 is 29.3 Å². The lowest BCUT2D eigenvalue weighted by Crippen LogP contribution is -2.57. The molecule has 1 aliphatic heterocycles. The minimum Gasteiger partial charge on any atom is -0.490 e. The van der Waals surface area contributed by atoms with Gasteiger partial charge in [-0.2, -0.15) is 0 Å². The van der Waals surface area contributed by atoms with E-state index in [0.717, 1.165) is 5.69 Å². The molecule has 1 aromatic rings. The molecule has 2 N–H and O–H groups in total. The first-order chi connectivity index (χ1) is 14.7. The maximum atomic E-state index is 13.1. The fraction of sp³-hybridized carbons (Fsp3) is 0.652. The van der Waals surface area contributed by atoms with E-state index in [1.165, 1.54) is 0 Å². The maximum Gasteiger partial charge on any atom is 0.333 e. The minimum atomic E-state index is -1.69. The van der Waals surface area contributed by atoms with E-state index in [9.17, 15) is 19.8 Å². The fourth-order valence-corrected chi connectivity index (χ4v) is 4.01. The number of carboxylic acids is 1. The second-order valence-electron chi connectivity index (χ2n) is 8.34. The van der Waals surface area contributed by atoms with Gasteiger partial charge in [-0.3, -0.25) is 4.79 Å². The second-order valence-corrected chi connectivity index (χ2v) is 8.34. The van der Waals surface area contributed by atoms with Crippen molar-refractivity contribution in [3.63, 3.8) is 0 Å². The smallest absolute Gasteiger partial charge is 0.333 e. The van der Waals surface area contributed by atoms with Crippen molar-refractivity contribution in [2.75, 3.05) is 37.7 Å². The monoisotopic (exact) mass is 436 g/mol. The molecule has 3 atom stereocenters. The zero-order chi connectivity index (χ0) is 23.1. The van der Waals surface area contributed by atoms with E-state index in [1.807, 2.05) is 52.8 Å². The molecule has 0 saturated carbocycles. The third-order valence-corrected chi connectivity index (χ3v) is 5.48. The number of carbonyl (C=O) groups excluding carboxylic acids is 1. The molecule has 0 bridgehead atoms. The number of hydrogen-bond acceptors (Lipinski definition) is 6. The van der Waals surface area contributed by atoms with Crippen LogP contribution in [0.2, 0.25) is 0 Å². The summed E-state index contributed by atoms with van der Waals surface area (Å²) in [7, 11) is 0. The zero-order valence-corrected chi connectivity index (χ0v) is 19.2. The summed E-state index contributed by atoms with van der Waals surface area (Å²) in [5.74, 6) is -1.11. The number of nitrogens with zero attached hydrogens (tertiary/aromatic N) is 2. The SMILES string of the molecule is CCOc1ccc(N2CCN(C(=O)[C@@H](CC(C)C)[C@H](O)C(=O)O)[C@H](C)C2)cc1OCC. The van der Waals surface area contributed by atoms with Crippen LogP contribution in [0, 0.1) is 11.8 Å². The number of hydrogen-bond donors (Lipinski definition) is 2. The Morgan fingerprint density at radius 3 is 2.32 bits per heavy atom. The number of carboxylic acid groups (broad SMARTS) is 1. The number of carbonyl (C=O) groups is 2. The summed E-state index contributed by atoms with van der Waals surface area (Å²) in [4.78, 5) is 28.4. The molecule has 0 aliphatic carbocycles. The minimum absolute atomic E-state index is 0.0976. The third kappa shape index (κ3) is 6.26. The number of aliphatic hydroxyl groups is 1. The molecule has 0 radical (unpaired) electrons. The van der Waals surface area contributed by atoms with Crippen LogP contribution in [-0.4, -0.2) is 72.0 Å². The molecular formula is C23H36N2O6. The molecule has 8 nitrogen and oxygen atoms in total. The Morgan fingerprint density at radius 2 is 1.77 bits per heavy atom. The van der Waals surface area contributed by atoms with Gasteiger partial charge in [0, 0.05) is 37.4 Å². The Balaban J connectivity index is 2.15. The number of ether oxygens (including phenoxy) is 2. The van der Waals surface area contributed by atoms with E-state index in [-0.39, 0.29) is 17.9 Å². The highest BCUT2D eigenvalue weighted by Crippen LogP contribution is 2.33. The Labute approximate surface area is 184 Å². The van der Waals surface area contributed by atoms with Crippen LogP contribution in [0.3, 0.4) is 0 Å². The lowest BCUT2D eigenvalue weighted by Gasteiger charge is -2.42. The second kappa shape index (κ2) is 11.2. The summed E-state index contributed by atoms with van der Waals surface area (Å²) < 4.78 is 11.4. The quantitative estimate of drug-likeness (QED) is 0.582. The summed E-state index contributed by atoms with van der Waals surface area (Å²) in [6, 6.07) is 5.70. The molecule has 1 aliphatic rings. The average Bonchev–Trinajstić information content (AvgIpc) is 2.72. The number of aliphatic carboxylic acids is 1. The predicted molar refractivity (Wildman–Crippen MR) is 119 cm³/mol. The van der Waals surface area contributed by atoms with Gasteiger partial charge in [0.15, 0.2) is 17.6 Å². The number of rotatable bonds is 10. The van der Waals surface area contributed by atoms with E-state index in [4.69, 9.17) is 9.47 Å². The standard InChI is InChI=1S/C23H36N2O6/c1-6-30-19-9-8-17(13-20(19)31-7-2)24-10-11-25(16(5)14-24)22(27)18(12-15(3)4)21(26)23(28)29/h8-9,13,15-16,18,21,26H,6-7,10-12,14H2,1-5H3,(H,28,29)/t16-,18+,21+/m1/s1. The van der Waals surface area contributed by atoms with Crippen LogP contribution >= 0.6 is 0 Å². The normalized spacial score (nSPS) is 18.6. The molecule has 1 fully saturated rings. The molecule has 2 rings (SSSR count). The van der Waals surface area contributed by atoms with Crippen molar-refractivity contribution >= 4 is 17.6 Å². The largest absolute Gasteiger partial charge is 0.490 e. The van der Waals surface area contributed by atoms with Gasteiger partial charge in [0.2, 0.25) is 5.91 Å². The molecule has 1 heterocycles. The van der Waals surface area contributed by atoms with E-state index in [2.05, 4.69) is 4.90 Å². The summed E-state index contributed by atoms with van der Waals surface area (Å²) >= 11 is 0. The van der Waals surface area contributed by atoms with Crippen LogP contribution in [0.4, 0.5) is 5.69 Å². The molecule has 1 saturated heterocycles. The van der Waals surface area contributed by atoms with Crippen molar-refractivity contribution in [3.8, 4) is 11.5 Å². The maximum absolute atomic E-state index is 13.1. The van der Waals surface area contributed by atoms with Crippen molar-refractivity contribution in [1.29, 1.82) is 0 Å². The summed E-state index contributed by atoms with van der Waals surface area (Å²) in [5, 5.41) is 19.4. The highest BCUT2D eigenvalue weighted by atomic mass is 16.5. The van der Waals surface area contributed by atoms with E-state index >= 15 is 0 Å². The third-order valence-electron chi connectivity index (χ3n) is 5.48. The van der Waals surface area contributed by atoms with E-state index < -0.39 is 18.0 Å². The first-order valence-electron chi connectivity index (χ1n) is 11.0. The Bertz CT molecular complexity index is 754. The van der Waals surface area contributed by atoms with Gasteiger partial charge in [-0.25, -0.2) is 4.79 Å². The van der Waals surface area contributed by atoms with Gasteiger partial charge in [0.05, 0.1) is 19.1 Å². The van der Waals surface area contributed by atoms with Crippen LogP contribution in [-0.2, 0) is 9.59 Å². The predicted octanol–water partition coefficient (Wildman–Crippen LogP) is 2.63. The number of benzene rings is 1. The first-order valence-corrected chi connectivity index (χ1v) is 11.0. The molecule has 0 unspecified atom stereocenters. The molecule has 1 amide bonds. The molecule has 1 aromatic carbocycles. The molecule has 31 heavy (non-hydrogen) atoms. The number of amides is 1. The van der Waals surface area contributed by atoms with Crippen molar-refractivity contribution in [3.05, 3.63) is 18.2 Å². The van der Waals surface area contributed by atoms with Crippen molar-refractivity contribution in [1.82, 2.24) is 4.90 Å². The van der Waals surface area contributed by atoms with Crippen LogP contribution in [0.25, 0.3) is 0 Å². The Kier molecular flexibility index (Phi) is 8.98. The topological polar surface area (TPSA) is 99.5 Å². The number of piperazine rings is 1. The highest BCUT2D eigenvalue weighted by Gasteiger charge is 2.38. The van der Waals surface area contributed by atoms with Gasteiger partial charge in [0.25, 0.3) is 0 Å². The van der Waals surface area contributed by atoms with Gasteiger partial charge in [-0.1, -0.05) is 13.8 Å². The van der Waals surface area contributed by atoms with Gasteiger partial charge in [-0.05, 0) is 45.2 Å². The van der Waals surface area contributed by atoms with Crippen LogP contribution < -0.4 is 14.4 Å². The summed E-state index contributed by atoms with van der Waals surface area (Å²) in [6.45, 7) is 12.4. The van der Waals surface area contributed by atoms with Crippen molar-refractivity contribution in [2.24, 2.45) is 11.8 Å². The Hall–Kier alpha value is -2.48. The molecule has 8 heteroatoms. The van der Waals surface area contributed by atoms with Crippen LogP contribution in [0.1, 0.15) is 41.0 Å². The van der Waals surface area contributed by atoms with E-state index in [1.54, 1.807) is 4.90 Å². The van der Waals surface area contributed by atoms with E-state index in [0.29, 0.717) is 50.8 Å². The molecule has 174 valence electrons. The number of anilines is 1. The number of aliphatic hydroxyl groups excluding tert-OH is 1. The summed E-state index contributed by atoms with van der Waals surface area (Å²) in [6.07, 6.45) is -1.37. The average molecular weight is 437 g/mol. The van der Waals surface area contributed by atoms with Gasteiger partial charge in [-0.15, -0.1) is 0 Å². The molecular weight excluding hydrogens is 400 g/mol. The summed E-state index contributed by atoms with van der Waals surface area (Å²) in [5.41, 5.74) is 0.982. The zero-order valence-electron chi connectivity index (χ0n) is 19.2. The lowest BCUT2D eigenvalue weighted by atomic mass is 9.90. The molecule has 0 aromatic heterocycles. The fourth-order valence-electron chi connectivity index (χ4n) is 4.01. The first kappa shape index (κ1) is 24.8. The lowest BCUT2D eigenvalue weighted by molar-refractivity contribution is -0.158. The van der Waals surface area contributed by atoms with Crippen LogP contribution in [0.15, 0.2) is 18.2 Å². The van der Waals surface area contributed by atoms with Crippen LogP contribution in [0.5, 0.6) is 11.5 Å². The van der Waals surface area contributed by atoms with Gasteiger partial charge in [0.1, 0.15) is 0 Å². The van der Waals surface area contributed by atoms with Crippen molar-refractivity contribution in [2.45, 2.75) is 53.2 Å². The Morgan fingerprint density at radius 1 is 1.13 bits per heavy atom. The highest BCUT2D eigenvalue weighted by molar-refractivity contribution is 5.86. The van der Waals surface area contributed by atoms with Gasteiger partial charge < -0.3 is 29.5 Å². The van der Waals surface area contributed by atoms with Gasteiger partial charge >= 0.3 is 5.97 Å².